The van der Waals surface area contributed by atoms with E-state index in [-0.39, 0.29) is 11.8 Å². The number of fused-ring (bicyclic) bond motifs is 2. The van der Waals surface area contributed by atoms with E-state index in [0.29, 0.717) is 46.1 Å². The summed E-state index contributed by atoms with van der Waals surface area (Å²) in [6, 6.07) is 20.8. The minimum atomic E-state index is -0.361. The number of carbonyl (C=O) groups excluding carboxylic acids is 2. The van der Waals surface area contributed by atoms with Gasteiger partial charge in [-0.15, -0.1) is 0 Å². The van der Waals surface area contributed by atoms with Crippen LogP contribution in [-0.4, -0.2) is 18.4 Å². The van der Waals surface area contributed by atoms with Gasteiger partial charge in [0.05, 0.1) is 22.9 Å². The molecule has 2 amide bonds. The Labute approximate surface area is 168 Å². The third-order valence-electron chi connectivity index (χ3n) is 4.66. The SMILES string of the molecule is CCN1C(=O)c2cc(NC(=O)c3cccc(C#N)c3)ccc2Oc2ccccc21. The molecule has 1 N–H and O–H groups in total. The van der Waals surface area contributed by atoms with Gasteiger partial charge in [-0.1, -0.05) is 18.2 Å². The van der Waals surface area contributed by atoms with E-state index < -0.39 is 0 Å². The van der Waals surface area contributed by atoms with Gasteiger partial charge in [0.2, 0.25) is 0 Å². The molecule has 0 saturated heterocycles. The Balaban J connectivity index is 1.67. The fourth-order valence-electron chi connectivity index (χ4n) is 3.25. The molecule has 0 atom stereocenters. The zero-order valence-corrected chi connectivity index (χ0v) is 15.7. The molecule has 1 heterocycles. The summed E-state index contributed by atoms with van der Waals surface area (Å²) in [5, 5.41) is 11.8. The van der Waals surface area contributed by atoms with Crippen molar-refractivity contribution in [2.24, 2.45) is 0 Å². The molecule has 0 saturated carbocycles. The predicted molar refractivity (Wildman–Crippen MR) is 109 cm³/mol. The summed E-state index contributed by atoms with van der Waals surface area (Å²) in [5.41, 5.74) is 2.31. The number of nitrogens with zero attached hydrogens (tertiary/aromatic N) is 2. The topological polar surface area (TPSA) is 82.4 Å². The lowest BCUT2D eigenvalue weighted by molar-refractivity contribution is 0.0985. The molecule has 0 radical (unpaired) electrons. The van der Waals surface area contributed by atoms with Crippen LogP contribution in [-0.2, 0) is 0 Å². The van der Waals surface area contributed by atoms with Crippen molar-refractivity contribution in [3.63, 3.8) is 0 Å². The number of anilines is 2. The standard InChI is InChI=1S/C23H17N3O3/c1-2-26-19-8-3-4-9-21(19)29-20-11-10-17(13-18(20)23(26)28)25-22(27)16-7-5-6-15(12-16)14-24/h3-13H,2H2,1H3,(H,25,27). The fourth-order valence-corrected chi connectivity index (χ4v) is 3.25. The molecule has 6 nitrogen and oxygen atoms in total. The lowest BCUT2D eigenvalue weighted by Crippen LogP contribution is -2.29. The minimum Gasteiger partial charge on any atom is -0.454 e. The smallest absolute Gasteiger partial charge is 0.262 e. The highest BCUT2D eigenvalue weighted by Crippen LogP contribution is 2.39. The summed E-state index contributed by atoms with van der Waals surface area (Å²) in [5.74, 6) is 0.476. The quantitative estimate of drug-likeness (QED) is 0.717. The Hall–Kier alpha value is -4.11. The number of para-hydroxylation sites is 2. The first-order chi connectivity index (χ1) is 14.1. The fraction of sp³-hybridized carbons (Fsp3) is 0.0870. The molecule has 142 valence electrons. The third kappa shape index (κ3) is 3.42. The second kappa shape index (κ2) is 7.49. The van der Waals surface area contributed by atoms with Gasteiger partial charge in [-0.05, 0) is 55.5 Å². The Bertz CT molecular complexity index is 1160. The molecule has 0 spiro atoms. The van der Waals surface area contributed by atoms with E-state index in [9.17, 15) is 9.59 Å². The van der Waals surface area contributed by atoms with Crippen LogP contribution in [0.5, 0.6) is 11.5 Å². The third-order valence-corrected chi connectivity index (χ3v) is 4.66. The summed E-state index contributed by atoms with van der Waals surface area (Å²) in [7, 11) is 0. The average Bonchev–Trinajstić information content (AvgIpc) is 2.87. The zero-order valence-electron chi connectivity index (χ0n) is 15.7. The first kappa shape index (κ1) is 18.3. The molecular weight excluding hydrogens is 366 g/mol. The highest BCUT2D eigenvalue weighted by atomic mass is 16.5. The van der Waals surface area contributed by atoms with E-state index in [0.717, 1.165) is 0 Å². The van der Waals surface area contributed by atoms with Crippen molar-refractivity contribution in [3.8, 4) is 17.6 Å². The van der Waals surface area contributed by atoms with Crippen LogP contribution >= 0.6 is 0 Å². The molecule has 0 unspecified atom stereocenters. The first-order valence-electron chi connectivity index (χ1n) is 9.15. The van der Waals surface area contributed by atoms with Crippen LogP contribution in [0.3, 0.4) is 0 Å². The van der Waals surface area contributed by atoms with Crippen LogP contribution in [0, 0.1) is 11.3 Å². The monoisotopic (exact) mass is 383 g/mol. The van der Waals surface area contributed by atoms with Crippen molar-refractivity contribution in [2.45, 2.75) is 6.92 Å². The molecule has 0 aromatic heterocycles. The van der Waals surface area contributed by atoms with Crippen LogP contribution < -0.4 is 15.0 Å². The lowest BCUT2D eigenvalue weighted by atomic mass is 10.1. The summed E-state index contributed by atoms with van der Waals surface area (Å²) in [6.45, 7) is 2.38. The van der Waals surface area contributed by atoms with Gasteiger partial charge < -0.3 is 15.0 Å². The van der Waals surface area contributed by atoms with Crippen LogP contribution in [0.1, 0.15) is 33.2 Å². The van der Waals surface area contributed by atoms with Gasteiger partial charge in [-0.3, -0.25) is 9.59 Å². The molecule has 6 heteroatoms. The molecular formula is C23H17N3O3. The largest absolute Gasteiger partial charge is 0.454 e. The van der Waals surface area contributed by atoms with Crippen LogP contribution in [0.15, 0.2) is 66.7 Å². The second-order valence-electron chi connectivity index (χ2n) is 6.48. The van der Waals surface area contributed by atoms with Crippen LogP contribution in [0.25, 0.3) is 0 Å². The van der Waals surface area contributed by atoms with Gasteiger partial charge in [0.15, 0.2) is 5.75 Å². The predicted octanol–water partition coefficient (Wildman–Crippen LogP) is 4.58. The summed E-state index contributed by atoms with van der Waals surface area (Å²) >= 11 is 0. The van der Waals surface area contributed by atoms with E-state index in [1.165, 1.54) is 6.07 Å². The number of ether oxygens (including phenoxy) is 1. The van der Waals surface area contributed by atoms with Crippen molar-refractivity contribution < 1.29 is 14.3 Å². The number of hydrogen-bond acceptors (Lipinski definition) is 4. The number of carbonyl (C=O) groups is 2. The molecule has 0 aliphatic carbocycles. The molecule has 0 bridgehead atoms. The van der Waals surface area contributed by atoms with Gasteiger partial charge in [0, 0.05) is 17.8 Å². The Morgan fingerprint density at radius 2 is 1.90 bits per heavy atom. The summed E-state index contributed by atoms with van der Waals surface area (Å²) in [6.07, 6.45) is 0. The van der Waals surface area contributed by atoms with Crippen molar-refractivity contribution >= 4 is 23.2 Å². The molecule has 29 heavy (non-hydrogen) atoms. The second-order valence-corrected chi connectivity index (χ2v) is 6.48. The first-order valence-corrected chi connectivity index (χ1v) is 9.15. The van der Waals surface area contributed by atoms with Gasteiger partial charge in [0.1, 0.15) is 5.75 Å². The average molecular weight is 383 g/mol. The number of rotatable bonds is 3. The normalized spacial score (nSPS) is 12.1. The van der Waals surface area contributed by atoms with E-state index in [4.69, 9.17) is 10.00 Å². The minimum absolute atomic E-state index is 0.199. The van der Waals surface area contributed by atoms with E-state index in [1.807, 2.05) is 37.3 Å². The van der Waals surface area contributed by atoms with Crippen molar-refractivity contribution in [2.75, 3.05) is 16.8 Å². The van der Waals surface area contributed by atoms with Gasteiger partial charge >= 0.3 is 0 Å². The lowest BCUT2D eigenvalue weighted by Gasteiger charge is -2.19. The number of hydrogen-bond donors (Lipinski definition) is 1. The van der Waals surface area contributed by atoms with Crippen LogP contribution in [0.4, 0.5) is 11.4 Å². The van der Waals surface area contributed by atoms with E-state index >= 15 is 0 Å². The van der Waals surface area contributed by atoms with Crippen molar-refractivity contribution in [1.29, 1.82) is 5.26 Å². The maximum absolute atomic E-state index is 13.1. The van der Waals surface area contributed by atoms with Gasteiger partial charge in [0.25, 0.3) is 11.8 Å². The highest BCUT2D eigenvalue weighted by Gasteiger charge is 2.27. The molecule has 1 aliphatic heterocycles. The number of nitriles is 1. The molecule has 0 fully saturated rings. The summed E-state index contributed by atoms with van der Waals surface area (Å²) < 4.78 is 5.97. The van der Waals surface area contributed by atoms with Crippen molar-refractivity contribution in [1.82, 2.24) is 0 Å². The highest BCUT2D eigenvalue weighted by molar-refractivity contribution is 6.11. The number of benzene rings is 3. The maximum Gasteiger partial charge on any atom is 0.262 e. The van der Waals surface area contributed by atoms with Gasteiger partial charge in [-0.25, -0.2) is 0 Å². The van der Waals surface area contributed by atoms with Crippen molar-refractivity contribution in [3.05, 3.63) is 83.4 Å². The number of nitrogens with one attached hydrogen (secondary N) is 1. The maximum atomic E-state index is 13.1. The van der Waals surface area contributed by atoms with Gasteiger partial charge in [-0.2, -0.15) is 5.26 Å². The molecule has 3 aromatic rings. The molecule has 3 aromatic carbocycles. The Morgan fingerprint density at radius 3 is 2.69 bits per heavy atom. The molecule has 1 aliphatic rings. The molecule has 4 rings (SSSR count). The summed E-state index contributed by atoms with van der Waals surface area (Å²) in [4.78, 5) is 27.3. The van der Waals surface area contributed by atoms with Crippen LogP contribution in [0.2, 0.25) is 0 Å². The Morgan fingerprint density at radius 1 is 1.07 bits per heavy atom. The Kier molecular flexibility index (Phi) is 4.71. The van der Waals surface area contributed by atoms with E-state index in [2.05, 4.69) is 5.32 Å². The van der Waals surface area contributed by atoms with E-state index in [1.54, 1.807) is 41.3 Å². The number of amides is 2. The zero-order chi connectivity index (χ0) is 20.4.